The van der Waals surface area contributed by atoms with E-state index >= 15 is 0 Å². The Bertz CT molecular complexity index is 1250. The standard InChI is InChI=1S/C24H23N7O3/c1-33-19-7-5-6-18(23(19)34-2)30-24(32)29-17-11-9-16(10-12-17)28-21-14-22(27-15-26-21)31-20-8-3-4-13-25-20/h3-15H,1-2H3,(H2,29,30,32)(H2,25,26,27,28,31). The van der Waals surface area contributed by atoms with Crippen LogP contribution in [-0.2, 0) is 0 Å². The van der Waals surface area contributed by atoms with Crippen LogP contribution < -0.4 is 30.7 Å². The lowest BCUT2D eigenvalue weighted by Gasteiger charge is -2.14. The molecule has 2 amide bonds. The first-order chi connectivity index (χ1) is 16.6. The summed E-state index contributed by atoms with van der Waals surface area (Å²) in [5.41, 5.74) is 1.91. The van der Waals surface area contributed by atoms with E-state index in [1.165, 1.54) is 20.5 Å². The van der Waals surface area contributed by atoms with Gasteiger partial charge >= 0.3 is 6.03 Å². The number of amides is 2. The Hall–Kier alpha value is -4.86. The molecule has 0 atom stereocenters. The number of anilines is 6. The summed E-state index contributed by atoms with van der Waals surface area (Å²) in [6.07, 6.45) is 3.16. The number of rotatable bonds is 8. The van der Waals surface area contributed by atoms with Crippen LogP contribution in [0.1, 0.15) is 0 Å². The van der Waals surface area contributed by atoms with E-state index in [0.29, 0.717) is 40.3 Å². The van der Waals surface area contributed by atoms with Crippen molar-refractivity contribution >= 4 is 40.5 Å². The van der Waals surface area contributed by atoms with Gasteiger partial charge in [0.1, 0.15) is 23.8 Å². The first-order valence-electron chi connectivity index (χ1n) is 10.3. The van der Waals surface area contributed by atoms with E-state index in [4.69, 9.17) is 9.47 Å². The van der Waals surface area contributed by atoms with Gasteiger partial charge in [-0.1, -0.05) is 12.1 Å². The third-order valence-corrected chi connectivity index (χ3v) is 4.65. The van der Waals surface area contributed by atoms with Gasteiger partial charge in [-0.3, -0.25) is 0 Å². The number of ether oxygens (including phenoxy) is 2. The first-order valence-corrected chi connectivity index (χ1v) is 10.3. The number of methoxy groups -OCH3 is 2. The molecule has 4 N–H and O–H groups in total. The molecule has 172 valence electrons. The Morgan fingerprint density at radius 2 is 1.50 bits per heavy atom. The molecule has 10 heteroatoms. The van der Waals surface area contributed by atoms with Crippen LogP contribution in [-0.4, -0.2) is 35.2 Å². The van der Waals surface area contributed by atoms with Crippen LogP contribution in [0.5, 0.6) is 11.5 Å². The molecule has 0 unspecified atom stereocenters. The third kappa shape index (κ3) is 5.68. The van der Waals surface area contributed by atoms with Gasteiger partial charge < -0.3 is 30.7 Å². The zero-order valence-corrected chi connectivity index (χ0v) is 18.6. The molecule has 0 saturated carbocycles. The van der Waals surface area contributed by atoms with Gasteiger partial charge in [-0.2, -0.15) is 0 Å². The van der Waals surface area contributed by atoms with Crippen molar-refractivity contribution in [3.63, 3.8) is 0 Å². The van der Waals surface area contributed by atoms with Gasteiger partial charge in [-0.25, -0.2) is 19.7 Å². The number of urea groups is 1. The second-order valence-electron chi connectivity index (χ2n) is 6.95. The monoisotopic (exact) mass is 457 g/mol. The van der Waals surface area contributed by atoms with Crippen LogP contribution >= 0.6 is 0 Å². The maximum absolute atomic E-state index is 12.4. The highest BCUT2D eigenvalue weighted by atomic mass is 16.5. The summed E-state index contributed by atoms with van der Waals surface area (Å²) in [4.78, 5) is 25.1. The van der Waals surface area contributed by atoms with Gasteiger partial charge in [0, 0.05) is 23.6 Å². The highest BCUT2D eigenvalue weighted by Crippen LogP contribution is 2.34. The molecule has 2 aromatic heterocycles. The summed E-state index contributed by atoms with van der Waals surface area (Å²) >= 11 is 0. The minimum Gasteiger partial charge on any atom is -0.493 e. The lowest BCUT2D eigenvalue weighted by Crippen LogP contribution is -2.19. The molecule has 2 aromatic carbocycles. The summed E-state index contributed by atoms with van der Waals surface area (Å²) in [5.74, 6) is 2.88. The second-order valence-corrected chi connectivity index (χ2v) is 6.95. The molecule has 4 rings (SSSR count). The number of aromatic nitrogens is 3. The van der Waals surface area contributed by atoms with Crippen molar-refractivity contribution in [3.8, 4) is 11.5 Å². The lowest BCUT2D eigenvalue weighted by atomic mass is 10.2. The van der Waals surface area contributed by atoms with Crippen molar-refractivity contribution in [2.75, 3.05) is 35.5 Å². The van der Waals surface area contributed by atoms with Crippen LogP contribution in [0, 0.1) is 0 Å². The van der Waals surface area contributed by atoms with Crippen LogP contribution in [0.4, 0.5) is 39.3 Å². The smallest absolute Gasteiger partial charge is 0.323 e. The number of benzene rings is 2. The first kappa shape index (κ1) is 22.3. The molecule has 34 heavy (non-hydrogen) atoms. The van der Waals surface area contributed by atoms with E-state index in [9.17, 15) is 4.79 Å². The molecule has 0 radical (unpaired) electrons. The number of carbonyl (C=O) groups is 1. The Labute approximate surface area is 196 Å². The molecule has 0 aliphatic rings. The van der Waals surface area contributed by atoms with Crippen LogP contribution in [0.25, 0.3) is 0 Å². The van der Waals surface area contributed by atoms with Crippen molar-refractivity contribution in [1.29, 1.82) is 0 Å². The fourth-order valence-corrected chi connectivity index (χ4v) is 3.12. The SMILES string of the molecule is COc1cccc(NC(=O)Nc2ccc(Nc3cc(Nc4ccccn4)ncn3)cc2)c1OC. The fourth-order valence-electron chi connectivity index (χ4n) is 3.12. The number of pyridine rings is 1. The Balaban J connectivity index is 1.36. The molecule has 0 saturated heterocycles. The van der Waals surface area contributed by atoms with Crippen molar-refractivity contribution in [1.82, 2.24) is 15.0 Å². The van der Waals surface area contributed by atoms with E-state index in [1.54, 1.807) is 42.6 Å². The van der Waals surface area contributed by atoms with Crippen molar-refractivity contribution in [3.05, 3.63) is 79.3 Å². The second kappa shape index (κ2) is 10.6. The van der Waals surface area contributed by atoms with Crippen LogP contribution in [0.3, 0.4) is 0 Å². The average molecular weight is 457 g/mol. The summed E-state index contributed by atoms with van der Waals surface area (Å²) < 4.78 is 10.6. The van der Waals surface area contributed by atoms with Gasteiger partial charge in [0.2, 0.25) is 0 Å². The van der Waals surface area contributed by atoms with Crippen LogP contribution in [0.15, 0.2) is 79.3 Å². The average Bonchev–Trinajstić information content (AvgIpc) is 2.86. The Morgan fingerprint density at radius 1 is 0.735 bits per heavy atom. The number of hydrogen-bond donors (Lipinski definition) is 4. The number of nitrogens with zero attached hydrogens (tertiary/aromatic N) is 3. The quantitative estimate of drug-likeness (QED) is 0.291. The number of hydrogen-bond acceptors (Lipinski definition) is 8. The zero-order valence-electron chi connectivity index (χ0n) is 18.6. The highest BCUT2D eigenvalue weighted by molar-refractivity contribution is 6.01. The van der Waals surface area contributed by atoms with E-state index < -0.39 is 6.03 Å². The molecule has 0 aliphatic heterocycles. The van der Waals surface area contributed by atoms with Gasteiger partial charge in [0.25, 0.3) is 0 Å². The van der Waals surface area contributed by atoms with Gasteiger partial charge in [0.15, 0.2) is 11.5 Å². The lowest BCUT2D eigenvalue weighted by molar-refractivity contribution is 0.262. The van der Waals surface area contributed by atoms with Crippen molar-refractivity contribution in [2.24, 2.45) is 0 Å². The summed E-state index contributed by atoms with van der Waals surface area (Å²) in [6, 6.07) is 19.4. The largest absolute Gasteiger partial charge is 0.493 e. The van der Waals surface area contributed by atoms with E-state index in [2.05, 4.69) is 36.2 Å². The van der Waals surface area contributed by atoms with Crippen molar-refractivity contribution in [2.45, 2.75) is 0 Å². The van der Waals surface area contributed by atoms with E-state index in [0.717, 1.165) is 5.69 Å². The molecule has 0 aliphatic carbocycles. The third-order valence-electron chi connectivity index (χ3n) is 4.65. The molecular formula is C24H23N7O3. The summed E-state index contributed by atoms with van der Waals surface area (Å²) in [7, 11) is 3.05. The van der Waals surface area contributed by atoms with Crippen molar-refractivity contribution < 1.29 is 14.3 Å². The number of nitrogens with one attached hydrogen (secondary N) is 4. The van der Waals surface area contributed by atoms with E-state index in [1.807, 2.05) is 30.3 Å². The molecule has 2 heterocycles. The predicted octanol–water partition coefficient (Wildman–Crippen LogP) is 5.02. The zero-order chi connectivity index (χ0) is 23.8. The molecule has 0 fully saturated rings. The topological polar surface area (TPSA) is 122 Å². The van der Waals surface area contributed by atoms with Gasteiger partial charge in [0.05, 0.1) is 19.9 Å². The predicted molar refractivity (Wildman–Crippen MR) is 131 cm³/mol. The molecule has 0 bridgehead atoms. The van der Waals surface area contributed by atoms with Gasteiger partial charge in [-0.15, -0.1) is 0 Å². The normalized spacial score (nSPS) is 10.2. The van der Waals surface area contributed by atoms with Gasteiger partial charge in [-0.05, 0) is 48.5 Å². The molecule has 0 spiro atoms. The van der Waals surface area contributed by atoms with E-state index in [-0.39, 0.29) is 0 Å². The minimum atomic E-state index is -0.409. The maximum Gasteiger partial charge on any atom is 0.323 e. The summed E-state index contributed by atoms with van der Waals surface area (Å²) in [6.45, 7) is 0. The fraction of sp³-hybridized carbons (Fsp3) is 0.0833. The molecule has 10 nitrogen and oxygen atoms in total. The Kier molecular flexibility index (Phi) is 6.99. The number of para-hydroxylation sites is 1. The molecular weight excluding hydrogens is 434 g/mol. The number of carbonyl (C=O) groups excluding carboxylic acids is 1. The van der Waals surface area contributed by atoms with Crippen LogP contribution in [0.2, 0.25) is 0 Å². The maximum atomic E-state index is 12.4. The highest BCUT2D eigenvalue weighted by Gasteiger charge is 2.12. The Morgan fingerprint density at radius 3 is 2.21 bits per heavy atom. The summed E-state index contributed by atoms with van der Waals surface area (Å²) in [5, 5.41) is 11.9. The molecule has 4 aromatic rings. The minimum absolute atomic E-state index is 0.409.